The van der Waals surface area contributed by atoms with Crippen LogP contribution in [0.2, 0.25) is 0 Å². The Labute approximate surface area is 127 Å². The average Bonchev–Trinajstić information content (AvgIpc) is 2.45. The van der Waals surface area contributed by atoms with Crippen LogP contribution in [0, 0.1) is 5.82 Å². The van der Waals surface area contributed by atoms with Gasteiger partial charge in [-0.1, -0.05) is 28.1 Å². The third-order valence-electron chi connectivity index (χ3n) is 3.19. The fourth-order valence-corrected chi connectivity index (χ4v) is 2.45. The molecule has 2 rings (SSSR count). The van der Waals surface area contributed by atoms with Crippen LogP contribution in [0.4, 0.5) is 4.39 Å². The third-order valence-corrected chi connectivity index (χ3v) is 3.68. The fourth-order valence-electron chi connectivity index (χ4n) is 2.04. The molecule has 0 aliphatic rings. The highest BCUT2D eigenvalue weighted by Gasteiger charge is 2.08. The van der Waals surface area contributed by atoms with Gasteiger partial charge in [0.2, 0.25) is 0 Å². The summed E-state index contributed by atoms with van der Waals surface area (Å²) in [6.45, 7) is 2.67. The SMILES string of the molecule is COc1ccc(Br)cc1CNC(C)c1cccc(F)c1. The molecule has 2 nitrogen and oxygen atoms in total. The fraction of sp³-hybridized carbons (Fsp3) is 0.250. The van der Waals surface area contributed by atoms with Crippen molar-refractivity contribution >= 4 is 15.9 Å². The molecular weight excluding hydrogens is 321 g/mol. The van der Waals surface area contributed by atoms with Gasteiger partial charge in [-0.2, -0.15) is 0 Å². The van der Waals surface area contributed by atoms with Gasteiger partial charge in [0.15, 0.2) is 0 Å². The summed E-state index contributed by atoms with van der Waals surface area (Å²) in [6.07, 6.45) is 0. The van der Waals surface area contributed by atoms with Gasteiger partial charge in [-0.3, -0.25) is 0 Å². The first kappa shape index (κ1) is 15.0. The molecular formula is C16H17BrFNO. The van der Waals surface area contributed by atoms with Crippen LogP contribution in [0.3, 0.4) is 0 Å². The Morgan fingerprint density at radius 2 is 2.05 bits per heavy atom. The number of rotatable bonds is 5. The molecule has 0 radical (unpaired) electrons. The minimum Gasteiger partial charge on any atom is -0.496 e. The standard InChI is InChI=1S/C16H17BrFNO/c1-11(12-4-3-5-15(18)9-12)19-10-13-8-14(17)6-7-16(13)20-2/h3-9,11,19H,10H2,1-2H3. The van der Waals surface area contributed by atoms with E-state index in [2.05, 4.69) is 21.2 Å². The number of methoxy groups -OCH3 is 1. The van der Waals surface area contributed by atoms with E-state index in [1.54, 1.807) is 19.2 Å². The summed E-state index contributed by atoms with van der Waals surface area (Å²) in [7, 11) is 1.66. The van der Waals surface area contributed by atoms with E-state index in [1.807, 2.05) is 31.2 Å². The number of hydrogen-bond donors (Lipinski definition) is 1. The van der Waals surface area contributed by atoms with E-state index >= 15 is 0 Å². The predicted octanol–water partition coefficient (Wildman–Crippen LogP) is 4.45. The zero-order valence-corrected chi connectivity index (χ0v) is 13.1. The molecule has 0 bridgehead atoms. The highest BCUT2D eigenvalue weighted by molar-refractivity contribution is 9.10. The zero-order valence-electron chi connectivity index (χ0n) is 11.5. The van der Waals surface area contributed by atoms with Crippen molar-refractivity contribution in [2.24, 2.45) is 0 Å². The minimum atomic E-state index is -0.212. The second-order valence-corrected chi connectivity index (χ2v) is 5.53. The van der Waals surface area contributed by atoms with Crippen LogP contribution in [0.15, 0.2) is 46.9 Å². The summed E-state index contributed by atoms with van der Waals surface area (Å²) >= 11 is 3.45. The van der Waals surface area contributed by atoms with Crippen LogP contribution in [-0.2, 0) is 6.54 Å². The Bertz CT molecular complexity index is 588. The lowest BCUT2D eigenvalue weighted by molar-refractivity contribution is 0.406. The van der Waals surface area contributed by atoms with Gasteiger partial charge in [-0.05, 0) is 42.8 Å². The molecule has 1 atom stereocenters. The van der Waals surface area contributed by atoms with E-state index in [9.17, 15) is 4.39 Å². The number of ether oxygens (including phenoxy) is 1. The Morgan fingerprint density at radius 1 is 1.25 bits per heavy atom. The van der Waals surface area contributed by atoms with E-state index in [1.165, 1.54) is 6.07 Å². The Balaban J connectivity index is 2.06. The molecule has 0 amide bonds. The van der Waals surface area contributed by atoms with Gasteiger partial charge in [0.1, 0.15) is 11.6 Å². The quantitative estimate of drug-likeness (QED) is 0.870. The Kier molecular flexibility index (Phi) is 5.15. The topological polar surface area (TPSA) is 21.3 Å². The molecule has 4 heteroatoms. The lowest BCUT2D eigenvalue weighted by atomic mass is 10.1. The van der Waals surface area contributed by atoms with Gasteiger partial charge in [0.05, 0.1) is 7.11 Å². The molecule has 0 aromatic heterocycles. The van der Waals surface area contributed by atoms with Crippen LogP contribution >= 0.6 is 15.9 Å². The molecule has 2 aromatic rings. The molecule has 0 fully saturated rings. The van der Waals surface area contributed by atoms with Crippen LogP contribution in [0.1, 0.15) is 24.1 Å². The van der Waals surface area contributed by atoms with Crippen molar-refractivity contribution in [2.75, 3.05) is 7.11 Å². The van der Waals surface area contributed by atoms with Gasteiger partial charge in [-0.25, -0.2) is 4.39 Å². The van der Waals surface area contributed by atoms with Crippen molar-refractivity contribution < 1.29 is 9.13 Å². The van der Waals surface area contributed by atoms with E-state index in [-0.39, 0.29) is 11.9 Å². The van der Waals surface area contributed by atoms with Crippen LogP contribution in [0.5, 0.6) is 5.75 Å². The normalized spacial score (nSPS) is 12.2. The second-order valence-electron chi connectivity index (χ2n) is 4.61. The van der Waals surface area contributed by atoms with Crippen LogP contribution in [-0.4, -0.2) is 7.11 Å². The molecule has 1 N–H and O–H groups in total. The first-order chi connectivity index (χ1) is 9.60. The number of halogens is 2. The van der Waals surface area contributed by atoms with Crippen molar-refractivity contribution in [1.82, 2.24) is 5.32 Å². The predicted molar refractivity (Wildman–Crippen MR) is 82.3 cm³/mol. The van der Waals surface area contributed by atoms with Gasteiger partial charge in [0, 0.05) is 22.6 Å². The van der Waals surface area contributed by atoms with E-state index in [4.69, 9.17) is 4.74 Å². The maximum Gasteiger partial charge on any atom is 0.123 e. The van der Waals surface area contributed by atoms with Crippen molar-refractivity contribution in [3.05, 3.63) is 63.9 Å². The minimum absolute atomic E-state index is 0.0642. The van der Waals surface area contributed by atoms with Gasteiger partial charge >= 0.3 is 0 Å². The summed E-state index contributed by atoms with van der Waals surface area (Å²) in [5.74, 6) is 0.628. The molecule has 0 aliphatic heterocycles. The maximum atomic E-state index is 13.2. The number of benzene rings is 2. The molecule has 20 heavy (non-hydrogen) atoms. The van der Waals surface area contributed by atoms with Crippen LogP contribution in [0.25, 0.3) is 0 Å². The molecule has 0 aliphatic carbocycles. The maximum absolute atomic E-state index is 13.2. The first-order valence-electron chi connectivity index (χ1n) is 6.41. The molecule has 2 aromatic carbocycles. The van der Waals surface area contributed by atoms with Gasteiger partial charge in [-0.15, -0.1) is 0 Å². The zero-order chi connectivity index (χ0) is 14.5. The molecule has 106 valence electrons. The number of hydrogen-bond acceptors (Lipinski definition) is 2. The van der Waals surface area contributed by atoms with E-state index in [0.29, 0.717) is 6.54 Å². The summed E-state index contributed by atoms with van der Waals surface area (Å²) in [6, 6.07) is 12.6. The summed E-state index contributed by atoms with van der Waals surface area (Å²) < 4.78 is 19.6. The van der Waals surface area contributed by atoms with Crippen LogP contribution < -0.4 is 10.1 Å². The van der Waals surface area contributed by atoms with Gasteiger partial charge < -0.3 is 10.1 Å². The Morgan fingerprint density at radius 3 is 2.75 bits per heavy atom. The van der Waals surface area contributed by atoms with E-state index < -0.39 is 0 Å². The Hall–Kier alpha value is -1.39. The largest absolute Gasteiger partial charge is 0.496 e. The first-order valence-corrected chi connectivity index (χ1v) is 7.20. The van der Waals surface area contributed by atoms with Gasteiger partial charge in [0.25, 0.3) is 0 Å². The van der Waals surface area contributed by atoms with Crippen molar-refractivity contribution in [3.63, 3.8) is 0 Å². The van der Waals surface area contributed by atoms with E-state index in [0.717, 1.165) is 21.3 Å². The monoisotopic (exact) mass is 337 g/mol. The lowest BCUT2D eigenvalue weighted by Gasteiger charge is -2.16. The van der Waals surface area contributed by atoms with Crippen molar-refractivity contribution in [1.29, 1.82) is 0 Å². The molecule has 0 saturated heterocycles. The molecule has 0 saturated carbocycles. The average molecular weight is 338 g/mol. The summed E-state index contributed by atoms with van der Waals surface area (Å²) in [5.41, 5.74) is 1.99. The molecule has 0 heterocycles. The second kappa shape index (κ2) is 6.86. The smallest absolute Gasteiger partial charge is 0.123 e. The van der Waals surface area contributed by atoms with Crippen molar-refractivity contribution in [3.8, 4) is 5.75 Å². The summed E-state index contributed by atoms with van der Waals surface area (Å²) in [4.78, 5) is 0. The number of nitrogens with one attached hydrogen (secondary N) is 1. The highest BCUT2D eigenvalue weighted by atomic mass is 79.9. The third kappa shape index (κ3) is 3.81. The molecule has 1 unspecified atom stereocenters. The molecule has 0 spiro atoms. The summed E-state index contributed by atoms with van der Waals surface area (Å²) in [5, 5.41) is 3.38. The highest BCUT2D eigenvalue weighted by Crippen LogP contribution is 2.24. The lowest BCUT2D eigenvalue weighted by Crippen LogP contribution is -2.18. The van der Waals surface area contributed by atoms with Crippen molar-refractivity contribution in [2.45, 2.75) is 19.5 Å².